The number of aliphatic imine (C=N–C) groups is 1. The van der Waals surface area contributed by atoms with Gasteiger partial charge in [-0.05, 0) is 45.3 Å². The SMILES string of the molecule is CSC1CCCC(NC(=NCc2nnc(C)n2C)NC2CCCC2)C1. The maximum Gasteiger partial charge on any atom is 0.192 e. The lowest BCUT2D eigenvalue weighted by Crippen LogP contribution is -2.48. The number of hydrogen-bond acceptors (Lipinski definition) is 4. The van der Waals surface area contributed by atoms with Crippen LogP contribution in [0.3, 0.4) is 0 Å². The largest absolute Gasteiger partial charge is 0.354 e. The lowest BCUT2D eigenvalue weighted by Gasteiger charge is -2.30. The van der Waals surface area contributed by atoms with E-state index in [2.05, 4.69) is 27.1 Å². The molecule has 2 atom stereocenters. The first kappa shape index (κ1) is 18.5. The molecule has 0 saturated heterocycles. The van der Waals surface area contributed by atoms with Crippen LogP contribution in [0.15, 0.2) is 4.99 Å². The van der Waals surface area contributed by atoms with Gasteiger partial charge in [0.25, 0.3) is 0 Å². The summed E-state index contributed by atoms with van der Waals surface area (Å²) in [7, 11) is 2.00. The van der Waals surface area contributed by atoms with Gasteiger partial charge in [-0.25, -0.2) is 4.99 Å². The molecule has 0 amide bonds. The first-order valence-corrected chi connectivity index (χ1v) is 10.9. The van der Waals surface area contributed by atoms with Crippen LogP contribution < -0.4 is 10.6 Å². The Morgan fingerprint density at radius 2 is 1.84 bits per heavy atom. The Kier molecular flexibility index (Phi) is 6.62. The molecule has 0 radical (unpaired) electrons. The molecule has 1 aromatic rings. The van der Waals surface area contributed by atoms with Gasteiger partial charge >= 0.3 is 0 Å². The van der Waals surface area contributed by atoms with Crippen LogP contribution in [-0.2, 0) is 13.6 Å². The number of nitrogens with zero attached hydrogens (tertiary/aromatic N) is 4. The highest BCUT2D eigenvalue weighted by Crippen LogP contribution is 2.27. The Morgan fingerprint density at radius 1 is 1.12 bits per heavy atom. The number of guanidine groups is 1. The Balaban J connectivity index is 1.65. The van der Waals surface area contributed by atoms with E-state index in [1.54, 1.807) is 0 Å². The summed E-state index contributed by atoms with van der Waals surface area (Å²) in [5, 5.41) is 16.5. The zero-order valence-electron chi connectivity index (χ0n) is 15.8. The molecule has 0 bridgehead atoms. The highest BCUT2D eigenvalue weighted by atomic mass is 32.2. The predicted octanol–water partition coefficient (Wildman–Crippen LogP) is 2.78. The molecule has 0 spiro atoms. The van der Waals surface area contributed by atoms with Gasteiger partial charge in [0.15, 0.2) is 11.8 Å². The summed E-state index contributed by atoms with van der Waals surface area (Å²) < 4.78 is 2.01. The Bertz CT molecular complexity index is 578. The molecular formula is C18H32N6S. The Hall–Kier alpha value is -1.24. The minimum absolute atomic E-state index is 0.528. The highest BCUT2D eigenvalue weighted by Gasteiger charge is 2.23. The molecule has 6 nitrogen and oxygen atoms in total. The van der Waals surface area contributed by atoms with Crippen LogP contribution in [0, 0.1) is 6.92 Å². The number of aryl methyl sites for hydroxylation is 1. The summed E-state index contributed by atoms with van der Waals surface area (Å²) in [4.78, 5) is 4.84. The second-order valence-electron chi connectivity index (χ2n) is 7.38. The van der Waals surface area contributed by atoms with Crippen LogP contribution in [0.25, 0.3) is 0 Å². The fourth-order valence-corrected chi connectivity index (χ4v) is 4.65. The van der Waals surface area contributed by atoms with Crippen LogP contribution in [0.4, 0.5) is 0 Å². The second-order valence-corrected chi connectivity index (χ2v) is 8.52. The molecule has 2 unspecified atom stereocenters. The van der Waals surface area contributed by atoms with E-state index in [0.29, 0.717) is 18.6 Å². The molecule has 3 rings (SSSR count). The maximum atomic E-state index is 4.84. The topological polar surface area (TPSA) is 67.1 Å². The Morgan fingerprint density at radius 3 is 2.52 bits per heavy atom. The average molecular weight is 365 g/mol. The zero-order valence-corrected chi connectivity index (χ0v) is 16.6. The summed E-state index contributed by atoms with van der Waals surface area (Å²) in [6.45, 7) is 2.54. The van der Waals surface area contributed by atoms with Crippen molar-refractivity contribution in [2.45, 2.75) is 82.2 Å². The van der Waals surface area contributed by atoms with E-state index in [1.165, 1.54) is 51.4 Å². The van der Waals surface area contributed by atoms with Crippen molar-refractivity contribution in [3.63, 3.8) is 0 Å². The number of rotatable bonds is 5. The van der Waals surface area contributed by atoms with E-state index >= 15 is 0 Å². The van der Waals surface area contributed by atoms with Crippen LogP contribution >= 0.6 is 11.8 Å². The minimum atomic E-state index is 0.528. The number of nitrogens with one attached hydrogen (secondary N) is 2. The lowest BCUT2D eigenvalue weighted by molar-refractivity contribution is 0.416. The van der Waals surface area contributed by atoms with Crippen LogP contribution in [0.1, 0.15) is 63.0 Å². The minimum Gasteiger partial charge on any atom is -0.354 e. The van der Waals surface area contributed by atoms with Crippen LogP contribution in [0.5, 0.6) is 0 Å². The molecule has 1 heterocycles. The molecule has 2 N–H and O–H groups in total. The fourth-order valence-electron chi connectivity index (χ4n) is 3.82. The molecule has 1 aromatic heterocycles. The van der Waals surface area contributed by atoms with Crippen molar-refractivity contribution in [1.82, 2.24) is 25.4 Å². The summed E-state index contributed by atoms with van der Waals surface area (Å²) in [6, 6.07) is 1.09. The van der Waals surface area contributed by atoms with Gasteiger partial charge in [0, 0.05) is 24.4 Å². The lowest BCUT2D eigenvalue weighted by atomic mass is 9.95. The molecule has 0 aromatic carbocycles. The van der Waals surface area contributed by atoms with Crippen molar-refractivity contribution in [3.05, 3.63) is 11.6 Å². The molecule has 25 heavy (non-hydrogen) atoms. The molecule has 0 aliphatic heterocycles. The second kappa shape index (κ2) is 8.92. The first-order chi connectivity index (χ1) is 12.2. The third kappa shape index (κ3) is 5.12. The van der Waals surface area contributed by atoms with Gasteiger partial charge in [0.05, 0.1) is 0 Å². The summed E-state index contributed by atoms with van der Waals surface area (Å²) in [5.74, 6) is 2.80. The van der Waals surface area contributed by atoms with Crippen LogP contribution in [0.2, 0.25) is 0 Å². The van der Waals surface area contributed by atoms with Gasteiger partial charge in [-0.2, -0.15) is 11.8 Å². The van der Waals surface area contributed by atoms with Gasteiger partial charge in [-0.15, -0.1) is 10.2 Å². The molecule has 140 valence electrons. The molecular weight excluding hydrogens is 332 g/mol. The van der Waals surface area contributed by atoms with E-state index in [9.17, 15) is 0 Å². The number of aromatic nitrogens is 3. The molecule has 2 aliphatic carbocycles. The quantitative estimate of drug-likeness (QED) is 0.621. The van der Waals surface area contributed by atoms with Crippen molar-refractivity contribution in [1.29, 1.82) is 0 Å². The van der Waals surface area contributed by atoms with Crippen molar-refractivity contribution in [3.8, 4) is 0 Å². The van der Waals surface area contributed by atoms with Gasteiger partial charge in [-0.3, -0.25) is 0 Å². The fraction of sp³-hybridized carbons (Fsp3) is 0.833. The predicted molar refractivity (Wildman–Crippen MR) is 105 cm³/mol. The number of hydrogen-bond donors (Lipinski definition) is 2. The molecule has 2 fully saturated rings. The van der Waals surface area contributed by atoms with E-state index < -0.39 is 0 Å². The van der Waals surface area contributed by atoms with Crippen molar-refractivity contribution >= 4 is 17.7 Å². The summed E-state index contributed by atoms with van der Waals surface area (Å²) >= 11 is 2.00. The van der Waals surface area contributed by atoms with Crippen LogP contribution in [-0.4, -0.2) is 44.3 Å². The van der Waals surface area contributed by atoms with Gasteiger partial charge in [-0.1, -0.05) is 19.3 Å². The summed E-state index contributed by atoms with van der Waals surface area (Å²) in [6.07, 6.45) is 12.5. The Labute approximate surface area is 155 Å². The van der Waals surface area contributed by atoms with E-state index in [-0.39, 0.29) is 0 Å². The van der Waals surface area contributed by atoms with Crippen molar-refractivity contribution in [2.24, 2.45) is 12.0 Å². The molecule has 7 heteroatoms. The first-order valence-electron chi connectivity index (χ1n) is 9.61. The molecule has 2 aliphatic rings. The van der Waals surface area contributed by atoms with Gasteiger partial charge < -0.3 is 15.2 Å². The maximum absolute atomic E-state index is 4.84. The standard InChI is InChI=1S/C18H32N6S/c1-13-22-23-17(24(13)2)12-19-18(20-14-7-4-5-8-14)21-15-9-6-10-16(11-15)25-3/h14-16H,4-12H2,1-3H3,(H2,19,20,21). The van der Waals surface area contributed by atoms with Crippen molar-refractivity contribution < 1.29 is 0 Å². The van der Waals surface area contributed by atoms with E-state index in [1.807, 2.05) is 30.3 Å². The third-order valence-electron chi connectivity index (χ3n) is 5.56. The van der Waals surface area contributed by atoms with Crippen molar-refractivity contribution in [2.75, 3.05) is 6.26 Å². The highest BCUT2D eigenvalue weighted by molar-refractivity contribution is 7.99. The van der Waals surface area contributed by atoms with E-state index in [0.717, 1.165) is 22.9 Å². The zero-order chi connectivity index (χ0) is 17.6. The van der Waals surface area contributed by atoms with Gasteiger partial charge in [0.2, 0.25) is 0 Å². The van der Waals surface area contributed by atoms with E-state index in [4.69, 9.17) is 4.99 Å². The average Bonchev–Trinajstić information content (AvgIpc) is 3.24. The summed E-state index contributed by atoms with van der Waals surface area (Å²) in [5.41, 5.74) is 0. The van der Waals surface area contributed by atoms with Gasteiger partial charge in [0.1, 0.15) is 12.4 Å². The normalized spacial score (nSPS) is 25.3. The third-order valence-corrected chi connectivity index (χ3v) is 6.65. The monoisotopic (exact) mass is 364 g/mol. The number of thioether (sulfide) groups is 1. The molecule has 2 saturated carbocycles. The smallest absolute Gasteiger partial charge is 0.192 e.